The van der Waals surface area contributed by atoms with Gasteiger partial charge >= 0.3 is 6.03 Å². The Bertz CT molecular complexity index is 587. The molecule has 0 unspecified atom stereocenters. The minimum absolute atomic E-state index is 0.133. The van der Waals surface area contributed by atoms with E-state index < -0.39 is 5.54 Å². The maximum Gasteiger partial charge on any atom is 0.325 e. The van der Waals surface area contributed by atoms with Crippen molar-refractivity contribution < 1.29 is 14.3 Å². The summed E-state index contributed by atoms with van der Waals surface area (Å²) >= 11 is 0. The van der Waals surface area contributed by atoms with E-state index in [-0.39, 0.29) is 11.9 Å². The lowest BCUT2D eigenvalue weighted by Gasteiger charge is -2.27. The number of urea groups is 1. The molecule has 1 N–H and O–H groups in total. The number of carbonyl (C=O) groups is 2. The van der Waals surface area contributed by atoms with Crippen molar-refractivity contribution in [3.63, 3.8) is 0 Å². The van der Waals surface area contributed by atoms with Crippen molar-refractivity contribution in [3.8, 4) is 0 Å². The standard InChI is InChI=1S/C17H22N2O3/c1-2-22-12-11-19-15(20)17(18-16(19)21)10-6-5-8-13-7-3-4-9-14(13)17/h3-4,7,9H,2,5-6,8,10-12H2,1H3,(H,18,21)/t17-/m0/s1. The van der Waals surface area contributed by atoms with Crippen molar-refractivity contribution in [3.05, 3.63) is 35.4 Å². The highest BCUT2D eigenvalue weighted by molar-refractivity contribution is 6.07. The average Bonchev–Trinajstić information content (AvgIpc) is 2.68. The minimum atomic E-state index is -0.879. The number of amides is 3. The van der Waals surface area contributed by atoms with E-state index in [1.807, 2.05) is 25.1 Å². The fourth-order valence-electron chi connectivity index (χ4n) is 3.48. The number of aryl methyl sites for hydroxylation is 1. The van der Waals surface area contributed by atoms with Crippen LogP contribution in [0.5, 0.6) is 0 Å². The third-order valence-corrected chi connectivity index (χ3v) is 4.56. The Labute approximate surface area is 130 Å². The van der Waals surface area contributed by atoms with Gasteiger partial charge in [0.25, 0.3) is 5.91 Å². The van der Waals surface area contributed by atoms with Crippen LogP contribution in [-0.2, 0) is 21.5 Å². The predicted molar refractivity (Wildman–Crippen MR) is 82.4 cm³/mol. The zero-order valence-electron chi connectivity index (χ0n) is 12.9. The van der Waals surface area contributed by atoms with Gasteiger partial charge in [0.15, 0.2) is 0 Å². The molecule has 0 aromatic heterocycles. The van der Waals surface area contributed by atoms with Crippen LogP contribution in [0, 0.1) is 0 Å². The third-order valence-electron chi connectivity index (χ3n) is 4.56. The van der Waals surface area contributed by atoms with Crippen LogP contribution < -0.4 is 5.32 Å². The fraction of sp³-hybridized carbons (Fsp3) is 0.529. The van der Waals surface area contributed by atoms with Crippen molar-refractivity contribution >= 4 is 11.9 Å². The van der Waals surface area contributed by atoms with Crippen LogP contribution in [-0.4, -0.2) is 36.6 Å². The molecule has 1 saturated heterocycles. The predicted octanol–water partition coefficient (Wildman–Crippen LogP) is 2.20. The van der Waals surface area contributed by atoms with Crippen molar-refractivity contribution in [1.82, 2.24) is 10.2 Å². The summed E-state index contributed by atoms with van der Waals surface area (Å²) in [6.07, 6.45) is 3.60. The molecule has 5 nitrogen and oxygen atoms in total. The van der Waals surface area contributed by atoms with Gasteiger partial charge in [0.05, 0.1) is 13.2 Å². The lowest BCUT2D eigenvalue weighted by Crippen LogP contribution is -2.44. The largest absolute Gasteiger partial charge is 0.380 e. The molecule has 0 radical (unpaired) electrons. The number of rotatable bonds is 4. The van der Waals surface area contributed by atoms with Crippen molar-refractivity contribution in [1.29, 1.82) is 0 Å². The first-order chi connectivity index (χ1) is 10.7. The van der Waals surface area contributed by atoms with Gasteiger partial charge in [-0.05, 0) is 43.7 Å². The van der Waals surface area contributed by atoms with Crippen LogP contribution in [0.3, 0.4) is 0 Å². The Balaban J connectivity index is 1.93. The van der Waals surface area contributed by atoms with Crippen LogP contribution in [0.15, 0.2) is 24.3 Å². The van der Waals surface area contributed by atoms with Gasteiger partial charge < -0.3 is 10.1 Å². The molecule has 22 heavy (non-hydrogen) atoms. The molecule has 3 rings (SSSR count). The first kappa shape index (κ1) is 15.0. The molecule has 1 aliphatic heterocycles. The summed E-state index contributed by atoms with van der Waals surface area (Å²) in [5.41, 5.74) is 1.25. The maximum atomic E-state index is 13.0. The molecule has 2 aliphatic rings. The Kier molecular flexibility index (Phi) is 4.16. The highest BCUT2D eigenvalue weighted by Gasteiger charge is 2.52. The van der Waals surface area contributed by atoms with Gasteiger partial charge in [-0.15, -0.1) is 0 Å². The van der Waals surface area contributed by atoms with Gasteiger partial charge in [0, 0.05) is 6.61 Å². The molecule has 3 amide bonds. The van der Waals surface area contributed by atoms with Gasteiger partial charge in [-0.25, -0.2) is 4.79 Å². The van der Waals surface area contributed by atoms with E-state index in [9.17, 15) is 9.59 Å². The molecule has 1 fully saturated rings. The molecule has 1 spiro atoms. The summed E-state index contributed by atoms with van der Waals surface area (Å²) in [5.74, 6) is -0.133. The smallest absolute Gasteiger partial charge is 0.325 e. The molecule has 0 bridgehead atoms. The second-order valence-electron chi connectivity index (χ2n) is 5.85. The molecule has 0 saturated carbocycles. The van der Waals surface area contributed by atoms with Gasteiger partial charge in [-0.2, -0.15) is 0 Å². The molecule has 118 valence electrons. The lowest BCUT2D eigenvalue weighted by atomic mass is 9.84. The third kappa shape index (κ3) is 2.39. The molecule has 5 heteroatoms. The Morgan fingerprint density at radius 2 is 2.09 bits per heavy atom. The highest BCUT2D eigenvalue weighted by Crippen LogP contribution is 2.38. The van der Waals surface area contributed by atoms with Crippen molar-refractivity contribution in [2.75, 3.05) is 19.8 Å². The van der Waals surface area contributed by atoms with Crippen LogP contribution in [0.4, 0.5) is 4.79 Å². The SMILES string of the molecule is CCOCCN1C(=O)N[C@]2(CCCCc3ccccc32)C1=O. The van der Waals surface area contributed by atoms with E-state index in [1.165, 1.54) is 10.5 Å². The number of nitrogens with one attached hydrogen (secondary N) is 1. The molecule has 1 aromatic carbocycles. The Hall–Kier alpha value is -1.88. The van der Waals surface area contributed by atoms with Crippen molar-refractivity contribution in [2.45, 2.75) is 38.1 Å². The van der Waals surface area contributed by atoms with E-state index >= 15 is 0 Å². The summed E-state index contributed by atoms with van der Waals surface area (Å²) in [6, 6.07) is 7.66. The van der Waals surface area contributed by atoms with Gasteiger partial charge in [-0.3, -0.25) is 9.69 Å². The van der Waals surface area contributed by atoms with Gasteiger partial charge in [0.1, 0.15) is 5.54 Å². The number of benzene rings is 1. The topological polar surface area (TPSA) is 58.6 Å². The first-order valence-electron chi connectivity index (χ1n) is 7.99. The summed E-state index contributed by atoms with van der Waals surface area (Å²) in [6.45, 7) is 3.17. The number of imide groups is 1. The second kappa shape index (κ2) is 6.08. The number of ether oxygens (including phenoxy) is 1. The quantitative estimate of drug-likeness (QED) is 0.685. The maximum absolute atomic E-state index is 13.0. The first-order valence-corrected chi connectivity index (χ1v) is 7.99. The van der Waals surface area contributed by atoms with Crippen LogP contribution >= 0.6 is 0 Å². The van der Waals surface area contributed by atoms with Crippen LogP contribution in [0.25, 0.3) is 0 Å². The molecular formula is C17H22N2O3. The number of nitrogens with zero attached hydrogens (tertiary/aromatic N) is 1. The lowest BCUT2D eigenvalue weighted by molar-refractivity contribution is -0.132. The van der Waals surface area contributed by atoms with E-state index in [0.29, 0.717) is 26.2 Å². The second-order valence-corrected chi connectivity index (χ2v) is 5.85. The molecule has 1 heterocycles. The van der Waals surface area contributed by atoms with Gasteiger partial charge in [0.2, 0.25) is 0 Å². The zero-order chi connectivity index (χ0) is 15.6. The summed E-state index contributed by atoms with van der Waals surface area (Å²) in [5, 5.41) is 2.97. The normalized spacial score (nSPS) is 24.3. The van der Waals surface area contributed by atoms with Crippen LogP contribution in [0.2, 0.25) is 0 Å². The number of fused-ring (bicyclic) bond motifs is 2. The molecule has 1 aromatic rings. The number of hydrogen-bond acceptors (Lipinski definition) is 3. The summed E-state index contributed by atoms with van der Waals surface area (Å²) in [4.78, 5) is 26.6. The molecule has 1 aliphatic carbocycles. The van der Waals surface area contributed by atoms with Gasteiger partial charge in [-0.1, -0.05) is 24.3 Å². The van der Waals surface area contributed by atoms with Crippen molar-refractivity contribution in [2.24, 2.45) is 0 Å². The minimum Gasteiger partial charge on any atom is -0.380 e. The Morgan fingerprint density at radius 1 is 1.27 bits per heavy atom. The summed E-state index contributed by atoms with van der Waals surface area (Å²) in [7, 11) is 0. The van der Waals surface area contributed by atoms with E-state index in [0.717, 1.165) is 24.8 Å². The van der Waals surface area contributed by atoms with Crippen LogP contribution in [0.1, 0.15) is 37.3 Å². The van der Waals surface area contributed by atoms with E-state index in [2.05, 4.69) is 11.4 Å². The summed E-state index contributed by atoms with van der Waals surface area (Å²) < 4.78 is 5.29. The Morgan fingerprint density at radius 3 is 2.91 bits per heavy atom. The fourth-order valence-corrected chi connectivity index (χ4v) is 3.48. The highest BCUT2D eigenvalue weighted by atomic mass is 16.5. The molecular weight excluding hydrogens is 280 g/mol. The molecule has 1 atom stereocenters. The number of carbonyl (C=O) groups excluding carboxylic acids is 2. The average molecular weight is 302 g/mol. The van der Waals surface area contributed by atoms with E-state index in [1.54, 1.807) is 0 Å². The monoisotopic (exact) mass is 302 g/mol. The number of hydrogen-bond donors (Lipinski definition) is 1. The zero-order valence-corrected chi connectivity index (χ0v) is 12.9. The van der Waals surface area contributed by atoms with E-state index in [4.69, 9.17) is 4.74 Å².